The number of hydrogen-bond acceptors (Lipinski definition) is 1. The summed E-state index contributed by atoms with van der Waals surface area (Å²) in [6.07, 6.45) is 7.92. The Bertz CT molecular complexity index is 867. The number of rotatable bonds is 3. The third kappa shape index (κ3) is 2.71. The van der Waals surface area contributed by atoms with Crippen molar-refractivity contribution in [3.63, 3.8) is 0 Å². The third-order valence-corrected chi connectivity index (χ3v) is 4.64. The van der Waals surface area contributed by atoms with E-state index in [1.165, 1.54) is 40.5 Å². The fourth-order valence-electron chi connectivity index (χ4n) is 3.59. The SMILES string of the molecule is CC(C)COc1ccc2c(c1)c1c3c([n+](C)ccn32)CCC1.[I-]. The molecule has 1 aromatic carbocycles. The molecule has 0 unspecified atom stereocenters. The predicted octanol–water partition coefficient (Wildman–Crippen LogP) is 0.445. The van der Waals surface area contributed by atoms with Crippen LogP contribution in [0.2, 0.25) is 0 Å². The van der Waals surface area contributed by atoms with Gasteiger partial charge in [0.25, 0.3) is 0 Å². The van der Waals surface area contributed by atoms with Gasteiger partial charge in [-0.1, -0.05) is 13.8 Å². The summed E-state index contributed by atoms with van der Waals surface area (Å²) in [7, 11) is 2.15. The number of aryl methyl sites for hydroxylation is 3. The van der Waals surface area contributed by atoms with Crippen LogP contribution in [0.5, 0.6) is 5.75 Å². The summed E-state index contributed by atoms with van der Waals surface area (Å²) < 4.78 is 10.6. The van der Waals surface area contributed by atoms with Crippen LogP contribution in [0.15, 0.2) is 30.6 Å². The first-order chi connectivity index (χ1) is 10.6. The summed E-state index contributed by atoms with van der Waals surface area (Å²) in [4.78, 5) is 0. The molecule has 0 bridgehead atoms. The topological polar surface area (TPSA) is 17.5 Å². The van der Waals surface area contributed by atoms with Gasteiger partial charge in [0.1, 0.15) is 18.3 Å². The second-order valence-electron chi connectivity index (χ2n) is 6.79. The van der Waals surface area contributed by atoms with Crippen LogP contribution in [0.1, 0.15) is 31.5 Å². The molecule has 2 aromatic heterocycles. The molecule has 0 saturated carbocycles. The Balaban J connectivity index is 0.00000156. The molecule has 0 fully saturated rings. The van der Waals surface area contributed by atoms with Crippen molar-refractivity contribution in [2.45, 2.75) is 33.1 Å². The van der Waals surface area contributed by atoms with E-state index >= 15 is 0 Å². The number of ether oxygens (including phenoxy) is 1. The van der Waals surface area contributed by atoms with E-state index in [0.717, 1.165) is 18.8 Å². The van der Waals surface area contributed by atoms with Gasteiger partial charge in [0.2, 0.25) is 5.69 Å². The summed E-state index contributed by atoms with van der Waals surface area (Å²) in [6.45, 7) is 5.14. The minimum absolute atomic E-state index is 0. The zero-order chi connectivity index (χ0) is 15.3. The van der Waals surface area contributed by atoms with Gasteiger partial charge < -0.3 is 33.1 Å². The molecule has 0 radical (unpaired) electrons. The molecule has 0 N–H and O–H groups in total. The first kappa shape index (κ1) is 16.6. The molecule has 122 valence electrons. The monoisotopic (exact) mass is 422 g/mol. The second-order valence-corrected chi connectivity index (χ2v) is 6.79. The molecule has 0 saturated heterocycles. The Morgan fingerprint density at radius 2 is 2.09 bits per heavy atom. The van der Waals surface area contributed by atoms with Crippen LogP contribution in [0, 0.1) is 5.92 Å². The van der Waals surface area contributed by atoms with Crippen molar-refractivity contribution in [1.82, 2.24) is 4.40 Å². The van der Waals surface area contributed by atoms with E-state index in [4.69, 9.17) is 4.74 Å². The maximum Gasteiger partial charge on any atom is 0.205 e. The van der Waals surface area contributed by atoms with E-state index in [1.54, 1.807) is 0 Å². The van der Waals surface area contributed by atoms with Gasteiger partial charge in [0.05, 0.1) is 18.3 Å². The highest BCUT2D eigenvalue weighted by Crippen LogP contribution is 2.34. The lowest BCUT2D eigenvalue weighted by Crippen LogP contribution is -3.00. The summed E-state index contributed by atoms with van der Waals surface area (Å²) in [5.74, 6) is 1.54. The van der Waals surface area contributed by atoms with Gasteiger partial charge in [-0.15, -0.1) is 0 Å². The molecule has 1 aliphatic rings. The van der Waals surface area contributed by atoms with E-state index in [2.05, 4.69) is 60.5 Å². The van der Waals surface area contributed by atoms with E-state index in [-0.39, 0.29) is 24.0 Å². The average molecular weight is 422 g/mol. The molecule has 3 aromatic rings. The largest absolute Gasteiger partial charge is 1.00 e. The fourth-order valence-corrected chi connectivity index (χ4v) is 3.59. The van der Waals surface area contributed by atoms with Gasteiger partial charge in [-0.25, -0.2) is 4.57 Å². The Kier molecular flexibility index (Phi) is 4.54. The average Bonchev–Trinajstić information content (AvgIpc) is 2.84. The van der Waals surface area contributed by atoms with Gasteiger partial charge in [-0.3, -0.25) is 0 Å². The Labute approximate surface area is 154 Å². The van der Waals surface area contributed by atoms with Gasteiger partial charge in [-0.05, 0) is 42.5 Å². The maximum absolute atomic E-state index is 5.93. The molecule has 4 rings (SSSR count). The van der Waals surface area contributed by atoms with Crippen LogP contribution in [0.3, 0.4) is 0 Å². The van der Waals surface area contributed by atoms with E-state index in [1.807, 2.05) is 0 Å². The summed E-state index contributed by atoms with van der Waals surface area (Å²) in [5.41, 5.74) is 5.64. The molecule has 0 atom stereocenters. The predicted molar refractivity (Wildman–Crippen MR) is 88.4 cm³/mol. The zero-order valence-corrected chi connectivity index (χ0v) is 16.1. The number of nitrogens with zero attached hydrogens (tertiary/aromatic N) is 2. The van der Waals surface area contributed by atoms with Gasteiger partial charge in [-0.2, -0.15) is 0 Å². The highest BCUT2D eigenvalue weighted by atomic mass is 127. The van der Waals surface area contributed by atoms with Crippen LogP contribution >= 0.6 is 0 Å². The number of hydrogen-bond donors (Lipinski definition) is 0. The smallest absolute Gasteiger partial charge is 0.205 e. The molecule has 1 aliphatic carbocycles. The first-order valence-corrected chi connectivity index (χ1v) is 8.22. The Morgan fingerprint density at radius 3 is 2.87 bits per heavy atom. The minimum Gasteiger partial charge on any atom is -1.00 e. The van der Waals surface area contributed by atoms with Crippen LogP contribution in [0.25, 0.3) is 16.4 Å². The normalized spacial score (nSPS) is 13.6. The van der Waals surface area contributed by atoms with Crippen LogP contribution in [0.4, 0.5) is 0 Å². The number of fused-ring (bicyclic) bond motifs is 3. The van der Waals surface area contributed by atoms with Crippen molar-refractivity contribution >= 4 is 16.4 Å². The standard InChI is InChI=1S/C19H23N2O.HI/c1-13(2)12-22-14-7-8-17-16(11-14)15-5-4-6-18-19(15)21(17)10-9-20(18)3;/h7-11,13H,4-6,12H2,1-3H3;1H/q+1;/p-1. The van der Waals surface area contributed by atoms with Gasteiger partial charge in [0, 0.05) is 11.8 Å². The summed E-state index contributed by atoms with van der Waals surface area (Å²) in [5, 5.41) is 1.36. The van der Waals surface area contributed by atoms with Crippen molar-refractivity contribution in [3.8, 4) is 5.75 Å². The number of benzene rings is 1. The van der Waals surface area contributed by atoms with E-state index in [0.29, 0.717) is 5.92 Å². The van der Waals surface area contributed by atoms with Crippen molar-refractivity contribution in [3.05, 3.63) is 41.9 Å². The lowest BCUT2D eigenvalue weighted by molar-refractivity contribution is -0.678. The van der Waals surface area contributed by atoms with Gasteiger partial charge in [0.15, 0.2) is 6.20 Å². The molecule has 0 aliphatic heterocycles. The fraction of sp³-hybridized carbons (Fsp3) is 0.421. The maximum atomic E-state index is 5.93. The van der Waals surface area contributed by atoms with Crippen molar-refractivity contribution in [1.29, 1.82) is 0 Å². The van der Waals surface area contributed by atoms with Crippen molar-refractivity contribution in [2.75, 3.05) is 6.61 Å². The van der Waals surface area contributed by atoms with Crippen LogP contribution in [-0.4, -0.2) is 11.0 Å². The summed E-state index contributed by atoms with van der Waals surface area (Å²) in [6, 6.07) is 6.54. The lowest BCUT2D eigenvalue weighted by Gasteiger charge is -2.10. The number of aromatic nitrogens is 2. The first-order valence-electron chi connectivity index (χ1n) is 8.22. The molecular weight excluding hydrogens is 399 g/mol. The quantitative estimate of drug-likeness (QED) is 0.443. The van der Waals surface area contributed by atoms with E-state index < -0.39 is 0 Å². The molecule has 0 spiro atoms. The Morgan fingerprint density at radius 1 is 1.26 bits per heavy atom. The molecule has 2 heterocycles. The third-order valence-electron chi connectivity index (χ3n) is 4.64. The molecular formula is C19H23IN2O. The van der Waals surface area contributed by atoms with Gasteiger partial charge >= 0.3 is 0 Å². The molecule has 23 heavy (non-hydrogen) atoms. The van der Waals surface area contributed by atoms with Crippen molar-refractivity contribution in [2.24, 2.45) is 13.0 Å². The Hall–Kier alpha value is -1.30. The molecule has 4 heteroatoms. The lowest BCUT2D eigenvalue weighted by atomic mass is 9.97. The second kappa shape index (κ2) is 6.30. The van der Waals surface area contributed by atoms with E-state index in [9.17, 15) is 0 Å². The molecule has 3 nitrogen and oxygen atoms in total. The highest BCUT2D eigenvalue weighted by Gasteiger charge is 2.24. The van der Waals surface area contributed by atoms with Crippen molar-refractivity contribution < 1.29 is 33.3 Å². The van der Waals surface area contributed by atoms with Crippen LogP contribution < -0.4 is 33.3 Å². The summed E-state index contributed by atoms with van der Waals surface area (Å²) >= 11 is 0. The zero-order valence-electron chi connectivity index (χ0n) is 14.0. The minimum atomic E-state index is 0. The number of halogens is 1. The molecule has 0 amide bonds. The van der Waals surface area contributed by atoms with Crippen LogP contribution in [-0.2, 0) is 19.9 Å². The highest BCUT2D eigenvalue weighted by molar-refractivity contribution is 5.94.